The summed E-state index contributed by atoms with van der Waals surface area (Å²) in [6.07, 6.45) is 3.64. The van der Waals surface area contributed by atoms with Crippen LogP contribution in [0.4, 0.5) is 0 Å². The van der Waals surface area contributed by atoms with Gasteiger partial charge in [-0.25, -0.2) is 0 Å². The van der Waals surface area contributed by atoms with Crippen LogP contribution in [0.3, 0.4) is 0 Å². The highest BCUT2D eigenvalue weighted by Gasteiger charge is 2.19. The molecule has 3 N–H and O–H groups in total. The first-order chi connectivity index (χ1) is 8.27. The molecule has 0 saturated carbocycles. The molecule has 90 valence electrons. The van der Waals surface area contributed by atoms with Crippen molar-refractivity contribution in [3.63, 3.8) is 0 Å². The summed E-state index contributed by atoms with van der Waals surface area (Å²) in [7, 11) is 1.68. The zero-order valence-corrected chi connectivity index (χ0v) is 10.1. The van der Waals surface area contributed by atoms with Crippen LogP contribution in [0.5, 0.6) is 0 Å². The van der Waals surface area contributed by atoms with Crippen LogP contribution < -0.4 is 11.3 Å². The number of nitrogens with two attached hydrogens (primary N) is 1. The maximum absolute atomic E-state index is 5.63. The maximum atomic E-state index is 5.63. The number of rotatable bonds is 4. The van der Waals surface area contributed by atoms with Crippen LogP contribution in [0.1, 0.15) is 18.5 Å². The fourth-order valence-electron chi connectivity index (χ4n) is 2.03. The zero-order valence-electron chi connectivity index (χ0n) is 10.1. The Morgan fingerprint density at radius 1 is 1.35 bits per heavy atom. The van der Waals surface area contributed by atoms with Gasteiger partial charge in [0.2, 0.25) is 0 Å². The molecule has 0 bridgehead atoms. The lowest BCUT2D eigenvalue weighted by Crippen LogP contribution is -2.36. The van der Waals surface area contributed by atoms with Gasteiger partial charge in [0.15, 0.2) is 0 Å². The Labute approximate surface area is 101 Å². The van der Waals surface area contributed by atoms with Crippen molar-refractivity contribution in [1.29, 1.82) is 0 Å². The molecule has 2 rings (SSSR count). The topological polar surface area (TPSA) is 60.2 Å². The average Bonchev–Trinajstić information content (AvgIpc) is 2.39. The minimum atomic E-state index is -0.0360. The summed E-state index contributed by atoms with van der Waals surface area (Å²) in [5.74, 6) is 5.63. The van der Waals surface area contributed by atoms with Crippen molar-refractivity contribution in [2.24, 2.45) is 5.84 Å². The number of nitrogens with one attached hydrogen (secondary N) is 1. The number of methoxy groups -OCH3 is 1. The van der Waals surface area contributed by atoms with Crippen molar-refractivity contribution in [2.75, 3.05) is 7.11 Å². The van der Waals surface area contributed by atoms with E-state index in [1.54, 1.807) is 13.3 Å². The van der Waals surface area contributed by atoms with Crippen molar-refractivity contribution in [2.45, 2.75) is 19.1 Å². The number of nitrogens with zero attached hydrogens (tertiary/aromatic N) is 1. The highest BCUT2D eigenvalue weighted by molar-refractivity contribution is 5.85. The number of aromatic nitrogens is 1. The zero-order chi connectivity index (χ0) is 12.3. The summed E-state index contributed by atoms with van der Waals surface area (Å²) in [6.45, 7) is 1.99. The van der Waals surface area contributed by atoms with E-state index in [0.29, 0.717) is 0 Å². The molecule has 1 aromatic heterocycles. The normalized spacial score (nSPS) is 14.8. The van der Waals surface area contributed by atoms with Crippen LogP contribution in [-0.2, 0) is 4.74 Å². The minimum Gasteiger partial charge on any atom is -0.380 e. The van der Waals surface area contributed by atoms with Crippen LogP contribution in [0.15, 0.2) is 36.7 Å². The Morgan fingerprint density at radius 2 is 2.18 bits per heavy atom. The lowest BCUT2D eigenvalue weighted by molar-refractivity contribution is 0.0835. The lowest BCUT2D eigenvalue weighted by atomic mass is 9.97. The molecular weight excluding hydrogens is 214 g/mol. The van der Waals surface area contributed by atoms with Crippen LogP contribution in [0.25, 0.3) is 10.8 Å². The summed E-state index contributed by atoms with van der Waals surface area (Å²) >= 11 is 0. The molecule has 0 saturated heterocycles. The molecule has 4 nitrogen and oxygen atoms in total. The van der Waals surface area contributed by atoms with Crippen LogP contribution in [0.2, 0.25) is 0 Å². The van der Waals surface area contributed by atoms with E-state index < -0.39 is 0 Å². The molecule has 17 heavy (non-hydrogen) atoms. The first-order valence-corrected chi connectivity index (χ1v) is 5.59. The van der Waals surface area contributed by atoms with Gasteiger partial charge in [0.1, 0.15) is 0 Å². The van der Waals surface area contributed by atoms with Gasteiger partial charge in [-0.1, -0.05) is 18.2 Å². The summed E-state index contributed by atoms with van der Waals surface area (Å²) in [5, 5.41) is 2.25. The Balaban J connectivity index is 2.53. The first kappa shape index (κ1) is 12.0. The third-order valence-corrected chi connectivity index (χ3v) is 3.07. The van der Waals surface area contributed by atoms with E-state index >= 15 is 0 Å². The van der Waals surface area contributed by atoms with Gasteiger partial charge in [-0.3, -0.25) is 16.3 Å². The van der Waals surface area contributed by atoms with E-state index in [1.165, 1.54) is 0 Å². The highest BCUT2D eigenvalue weighted by Crippen LogP contribution is 2.26. The molecule has 2 unspecified atom stereocenters. The number of hydrogen-bond donors (Lipinski definition) is 2. The van der Waals surface area contributed by atoms with Gasteiger partial charge in [0.25, 0.3) is 0 Å². The molecule has 1 heterocycles. The van der Waals surface area contributed by atoms with Gasteiger partial charge >= 0.3 is 0 Å². The Bertz CT molecular complexity index is 495. The Morgan fingerprint density at radius 3 is 2.88 bits per heavy atom. The van der Waals surface area contributed by atoms with Crippen molar-refractivity contribution < 1.29 is 4.74 Å². The standard InChI is InChI=1S/C13H17N3O/c1-9(17-2)13(16-14)12-5-3-4-10-8-15-7-6-11(10)12/h3-9,13,16H,14H2,1-2H3. The van der Waals surface area contributed by atoms with Crippen LogP contribution >= 0.6 is 0 Å². The molecule has 0 fully saturated rings. The van der Waals surface area contributed by atoms with Gasteiger partial charge in [-0.15, -0.1) is 0 Å². The molecule has 0 amide bonds. The second-order valence-electron chi connectivity index (χ2n) is 4.03. The van der Waals surface area contributed by atoms with Crippen molar-refractivity contribution in [3.8, 4) is 0 Å². The fraction of sp³-hybridized carbons (Fsp3) is 0.308. The third-order valence-electron chi connectivity index (χ3n) is 3.07. The quantitative estimate of drug-likeness (QED) is 0.622. The average molecular weight is 231 g/mol. The number of hydrazine groups is 1. The van der Waals surface area contributed by atoms with Gasteiger partial charge in [0.05, 0.1) is 12.1 Å². The van der Waals surface area contributed by atoms with E-state index in [1.807, 2.05) is 31.3 Å². The van der Waals surface area contributed by atoms with E-state index in [-0.39, 0.29) is 12.1 Å². The van der Waals surface area contributed by atoms with Gasteiger partial charge in [-0.05, 0) is 23.9 Å². The summed E-state index contributed by atoms with van der Waals surface area (Å²) < 4.78 is 5.35. The van der Waals surface area contributed by atoms with Crippen molar-refractivity contribution in [1.82, 2.24) is 10.4 Å². The van der Waals surface area contributed by atoms with E-state index in [4.69, 9.17) is 10.6 Å². The van der Waals surface area contributed by atoms with Crippen molar-refractivity contribution in [3.05, 3.63) is 42.2 Å². The molecule has 0 aliphatic carbocycles. The van der Waals surface area contributed by atoms with Crippen molar-refractivity contribution >= 4 is 10.8 Å². The van der Waals surface area contributed by atoms with Gasteiger partial charge < -0.3 is 4.74 Å². The number of benzene rings is 1. The van der Waals surface area contributed by atoms with E-state index in [9.17, 15) is 0 Å². The van der Waals surface area contributed by atoms with Crippen LogP contribution in [-0.4, -0.2) is 18.2 Å². The third kappa shape index (κ3) is 2.29. The largest absolute Gasteiger partial charge is 0.380 e. The summed E-state index contributed by atoms with van der Waals surface area (Å²) in [4.78, 5) is 4.12. The molecule has 0 aliphatic rings. The van der Waals surface area contributed by atoms with Gasteiger partial charge in [0, 0.05) is 24.9 Å². The van der Waals surface area contributed by atoms with Gasteiger partial charge in [-0.2, -0.15) is 0 Å². The first-order valence-electron chi connectivity index (χ1n) is 5.59. The lowest BCUT2D eigenvalue weighted by Gasteiger charge is -2.23. The number of hydrogen-bond acceptors (Lipinski definition) is 4. The molecule has 1 aromatic carbocycles. The smallest absolute Gasteiger partial charge is 0.0751 e. The predicted molar refractivity (Wildman–Crippen MR) is 68.3 cm³/mol. The monoisotopic (exact) mass is 231 g/mol. The number of ether oxygens (including phenoxy) is 1. The molecule has 2 aromatic rings. The summed E-state index contributed by atoms with van der Waals surface area (Å²) in [5.41, 5.74) is 3.94. The SMILES string of the molecule is COC(C)C(NN)c1cccc2cnccc12. The number of fused-ring (bicyclic) bond motifs is 1. The minimum absolute atomic E-state index is 0.00114. The molecule has 0 aliphatic heterocycles. The van der Waals surface area contributed by atoms with E-state index in [2.05, 4.69) is 16.5 Å². The van der Waals surface area contributed by atoms with Crippen LogP contribution in [0, 0.1) is 0 Å². The number of pyridine rings is 1. The van der Waals surface area contributed by atoms with E-state index in [0.717, 1.165) is 16.3 Å². The summed E-state index contributed by atoms with van der Waals surface area (Å²) in [6, 6.07) is 8.06. The molecular formula is C13H17N3O. The molecule has 4 heteroatoms. The Kier molecular flexibility index (Phi) is 3.68. The molecule has 0 radical (unpaired) electrons. The predicted octanol–water partition coefficient (Wildman–Crippen LogP) is 1.77. The maximum Gasteiger partial charge on any atom is 0.0751 e. The highest BCUT2D eigenvalue weighted by atomic mass is 16.5. The Hall–Kier alpha value is -1.49. The molecule has 2 atom stereocenters. The second kappa shape index (κ2) is 5.23. The second-order valence-corrected chi connectivity index (χ2v) is 4.03. The fourth-order valence-corrected chi connectivity index (χ4v) is 2.03. The molecule has 0 spiro atoms.